The number of unbranched alkanes of at least 4 members (excludes halogenated alkanes) is 1. The van der Waals surface area contributed by atoms with Crippen molar-refractivity contribution in [3.8, 4) is 11.8 Å². The van der Waals surface area contributed by atoms with E-state index in [1.165, 1.54) is 23.1 Å². The van der Waals surface area contributed by atoms with Gasteiger partial charge in [-0.1, -0.05) is 0 Å². The number of aromatic nitrogens is 1. The third-order valence-electron chi connectivity index (χ3n) is 6.55. The molecule has 32 heavy (non-hydrogen) atoms. The van der Waals surface area contributed by atoms with Crippen molar-refractivity contribution in [1.29, 1.82) is 5.26 Å². The summed E-state index contributed by atoms with van der Waals surface area (Å²) in [6, 6.07) is 14.3. The molecule has 1 fully saturated rings. The zero-order valence-electron chi connectivity index (χ0n) is 18.1. The van der Waals surface area contributed by atoms with Crippen molar-refractivity contribution in [3.63, 3.8) is 0 Å². The molecule has 2 aliphatic rings. The first-order valence-corrected chi connectivity index (χ1v) is 11.3. The number of hydrogen-bond acceptors (Lipinski definition) is 5. The fourth-order valence-electron chi connectivity index (χ4n) is 4.73. The largest absolute Gasteiger partial charge is 0.449 e. The first-order valence-electron chi connectivity index (χ1n) is 11.3. The highest BCUT2D eigenvalue weighted by Gasteiger charge is 2.22. The predicted molar refractivity (Wildman–Crippen MR) is 125 cm³/mol. The molecule has 0 aliphatic carbocycles. The number of benzene rings is 2. The molecule has 0 saturated carbocycles. The standard InChI is InChI=1S/C26H26N4O2/c27-16-19-4-6-25-24(13-19)20(17-28-25)3-1-2-8-29-9-11-30(12-10-29)22-5-7-26-21(14-22)15-23(18-31)32-26/h4-7,13-14,17,28H,1-3,8-12,15H2. The lowest BCUT2D eigenvalue weighted by Crippen LogP contribution is -2.46. The molecule has 6 nitrogen and oxygen atoms in total. The van der Waals surface area contributed by atoms with E-state index in [4.69, 9.17) is 10.00 Å². The third kappa shape index (κ3) is 4.13. The Morgan fingerprint density at radius 3 is 2.75 bits per heavy atom. The second-order valence-corrected chi connectivity index (χ2v) is 8.57. The molecular formula is C26H26N4O2. The molecule has 3 heterocycles. The number of ether oxygens (including phenoxy) is 1. The van der Waals surface area contributed by atoms with Gasteiger partial charge in [0.2, 0.25) is 0 Å². The van der Waals surface area contributed by atoms with Gasteiger partial charge in [-0.3, -0.25) is 4.90 Å². The molecular weight excluding hydrogens is 400 g/mol. The van der Waals surface area contributed by atoms with Crippen molar-refractivity contribution < 1.29 is 9.53 Å². The van der Waals surface area contributed by atoms with E-state index in [1.54, 1.807) is 0 Å². The second-order valence-electron chi connectivity index (χ2n) is 8.57. The van der Waals surface area contributed by atoms with Crippen LogP contribution in [-0.2, 0) is 17.6 Å². The van der Waals surface area contributed by atoms with Gasteiger partial charge in [-0.05, 0) is 67.8 Å². The van der Waals surface area contributed by atoms with Crippen molar-refractivity contribution in [2.24, 2.45) is 0 Å². The molecule has 0 unspecified atom stereocenters. The number of anilines is 1. The Bertz CT molecular complexity index is 1220. The number of nitrogens with zero attached hydrogens (tertiary/aromatic N) is 3. The van der Waals surface area contributed by atoms with E-state index in [-0.39, 0.29) is 0 Å². The number of nitrogens with one attached hydrogen (secondary N) is 1. The summed E-state index contributed by atoms with van der Waals surface area (Å²) >= 11 is 0. The molecule has 2 aliphatic heterocycles. The van der Waals surface area contributed by atoms with Crippen LogP contribution < -0.4 is 9.64 Å². The molecule has 1 N–H and O–H groups in total. The van der Waals surface area contributed by atoms with Gasteiger partial charge < -0.3 is 14.6 Å². The van der Waals surface area contributed by atoms with Gasteiger partial charge in [0.05, 0.1) is 11.6 Å². The third-order valence-corrected chi connectivity index (χ3v) is 6.55. The molecule has 3 aromatic rings. The number of carbonyl (C=O) groups excluding carboxylic acids is 1. The van der Waals surface area contributed by atoms with Crippen molar-refractivity contribution in [3.05, 3.63) is 65.0 Å². The minimum Gasteiger partial charge on any atom is -0.449 e. The van der Waals surface area contributed by atoms with Gasteiger partial charge in [-0.25, -0.2) is 4.79 Å². The normalized spacial score (nSPS) is 16.0. The minimum atomic E-state index is 0.375. The van der Waals surface area contributed by atoms with Crippen LogP contribution >= 0.6 is 0 Å². The maximum atomic E-state index is 10.8. The zero-order valence-corrected chi connectivity index (χ0v) is 18.1. The highest BCUT2D eigenvalue weighted by atomic mass is 16.5. The summed E-state index contributed by atoms with van der Waals surface area (Å²) < 4.78 is 5.48. The smallest absolute Gasteiger partial charge is 0.191 e. The van der Waals surface area contributed by atoms with E-state index in [0.29, 0.717) is 17.7 Å². The number of piperazine rings is 1. The Kier molecular flexibility index (Phi) is 5.68. The van der Waals surface area contributed by atoms with E-state index in [2.05, 4.69) is 39.2 Å². The first-order chi connectivity index (χ1) is 15.7. The SMILES string of the molecule is N#Cc1ccc2[nH]cc(CCCCN3CCN(c4ccc5c(c4)CC(=C=O)O5)CC3)c2c1. The molecule has 1 saturated heterocycles. The van der Waals surface area contributed by atoms with Gasteiger partial charge in [0.15, 0.2) is 11.7 Å². The predicted octanol–water partition coefficient (Wildman–Crippen LogP) is 3.83. The molecule has 162 valence electrons. The van der Waals surface area contributed by atoms with E-state index in [0.717, 1.165) is 62.4 Å². The maximum Gasteiger partial charge on any atom is 0.191 e. The molecule has 0 spiro atoms. The lowest BCUT2D eigenvalue weighted by molar-refractivity contribution is 0.253. The Morgan fingerprint density at radius 2 is 1.94 bits per heavy atom. The van der Waals surface area contributed by atoms with E-state index in [9.17, 15) is 4.79 Å². The average molecular weight is 427 g/mol. The van der Waals surface area contributed by atoms with Crippen LogP contribution in [0.1, 0.15) is 29.5 Å². The highest BCUT2D eigenvalue weighted by Crippen LogP contribution is 2.33. The Hall–Kier alpha value is -3.52. The summed E-state index contributed by atoms with van der Waals surface area (Å²) in [5.41, 5.74) is 5.40. The number of rotatable bonds is 6. The molecule has 6 heteroatoms. The minimum absolute atomic E-state index is 0.375. The lowest BCUT2D eigenvalue weighted by Gasteiger charge is -2.36. The monoisotopic (exact) mass is 426 g/mol. The number of fused-ring (bicyclic) bond motifs is 2. The van der Waals surface area contributed by atoms with Gasteiger partial charge in [-0.2, -0.15) is 5.26 Å². The van der Waals surface area contributed by atoms with Crippen molar-refractivity contribution >= 4 is 22.5 Å². The van der Waals surface area contributed by atoms with Crippen molar-refractivity contribution in [2.45, 2.75) is 25.7 Å². The molecule has 0 atom stereocenters. The van der Waals surface area contributed by atoms with Crippen LogP contribution in [0.2, 0.25) is 0 Å². The number of aryl methyl sites for hydroxylation is 1. The van der Waals surface area contributed by atoms with Crippen LogP contribution in [0, 0.1) is 11.3 Å². The quantitative estimate of drug-likeness (QED) is 0.479. The topological polar surface area (TPSA) is 72.4 Å². The molecule has 0 bridgehead atoms. The molecule has 1 aromatic heterocycles. The lowest BCUT2D eigenvalue weighted by atomic mass is 10.0. The molecule has 0 amide bonds. The van der Waals surface area contributed by atoms with Crippen LogP contribution in [0.15, 0.2) is 48.4 Å². The van der Waals surface area contributed by atoms with E-state index >= 15 is 0 Å². The summed E-state index contributed by atoms with van der Waals surface area (Å²) in [5.74, 6) is 3.03. The van der Waals surface area contributed by atoms with Gasteiger partial charge in [0.25, 0.3) is 0 Å². The molecule has 5 rings (SSSR count). The van der Waals surface area contributed by atoms with Gasteiger partial charge >= 0.3 is 0 Å². The highest BCUT2D eigenvalue weighted by molar-refractivity contribution is 5.84. The summed E-state index contributed by atoms with van der Waals surface area (Å²) in [5, 5.41) is 10.3. The fraction of sp³-hybridized carbons (Fsp3) is 0.346. The summed E-state index contributed by atoms with van der Waals surface area (Å²) in [7, 11) is 0. The number of allylic oxidation sites excluding steroid dienone is 1. The van der Waals surface area contributed by atoms with E-state index in [1.807, 2.05) is 30.2 Å². The number of nitriles is 1. The summed E-state index contributed by atoms with van der Waals surface area (Å²) in [4.78, 5) is 19.1. The number of H-pyrrole nitrogens is 1. The second kappa shape index (κ2) is 8.92. The number of hydrogen-bond donors (Lipinski definition) is 1. The maximum absolute atomic E-state index is 10.8. The van der Waals surface area contributed by atoms with Crippen molar-refractivity contribution in [1.82, 2.24) is 9.88 Å². The Morgan fingerprint density at radius 1 is 1.06 bits per heavy atom. The van der Waals surface area contributed by atoms with Crippen LogP contribution in [0.4, 0.5) is 5.69 Å². The van der Waals surface area contributed by atoms with Crippen LogP contribution in [0.5, 0.6) is 5.75 Å². The molecule has 0 radical (unpaired) electrons. The van der Waals surface area contributed by atoms with E-state index < -0.39 is 0 Å². The Balaban J connectivity index is 1.09. The van der Waals surface area contributed by atoms with Gasteiger partial charge in [-0.15, -0.1) is 0 Å². The number of aromatic amines is 1. The fourth-order valence-corrected chi connectivity index (χ4v) is 4.73. The van der Waals surface area contributed by atoms with Crippen LogP contribution in [-0.4, -0.2) is 48.5 Å². The van der Waals surface area contributed by atoms with Gasteiger partial charge in [0, 0.05) is 61.0 Å². The molecule has 2 aromatic carbocycles. The van der Waals surface area contributed by atoms with Crippen LogP contribution in [0.3, 0.4) is 0 Å². The average Bonchev–Trinajstić information content (AvgIpc) is 3.45. The summed E-state index contributed by atoms with van der Waals surface area (Å²) in [6.45, 7) is 5.26. The zero-order chi connectivity index (χ0) is 21.9. The summed E-state index contributed by atoms with van der Waals surface area (Å²) in [6.07, 6.45) is 5.97. The van der Waals surface area contributed by atoms with Crippen LogP contribution in [0.25, 0.3) is 10.9 Å². The van der Waals surface area contributed by atoms with Crippen molar-refractivity contribution in [2.75, 3.05) is 37.6 Å². The Labute approximate surface area is 187 Å². The van der Waals surface area contributed by atoms with Gasteiger partial charge in [0.1, 0.15) is 5.75 Å². The first kappa shape index (κ1) is 20.4.